The summed E-state index contributed by atoms with van der Waals surface area (Å²) >= 11 is 0. The van der Waals surface area contributed by atoms with Gasteiger partial charge in [0.1, 0.15) is 0 Å². The molecule has 1 aromatic rings. The van der Waals surface area contributed by atoms with Crippen LogP contribution in [0.2, 0.25) is 0 Å². The van der Waals surface area contributed by atoms with Crippen LogP contribution in [0.1, 0.15) is 32.1 Å². The summed E-state index contributed by atoms with van der Waals surface area (Å²) < 4.78 is 7.44. The summed E-state index contributed by atoms with van der Waals surface area (Å²) in [5.41, 5.74) is 0.749. The van der Waals surface area contributed by atoms with Gasteiger partial charge in [0.15, 0.2) is 0 Å². The number of amides is 2. The average Bonchev–Trinajstić information content (AvgIpc) is 3.06. The molecule has 0 unspecified atom stereocenters. The number of nitrogens with zero attached hydrogens (tertiary/aromatic N) is 3. The molecule has 116 valence electrons. The van der Waals surface area contributed by atoms with E-state index in [4.69, 9.17) is 4.74 Å². The number of rotatable bonds is 5. The third-order valence-electron chi connectivity index (χ3n) is 4.40. The summed E-state index contributed by atoms with van der Waals surface area (Å²) in [5.74, 6) is 0.683. The molecule has 2 amide bonds. The van der Waals surface area contributed by atoms with Crippen molar-refractivity contribution in [2.45, 2.75) is 44.8 Å². The van der Waals surface area contributed by atoms with E-state index in [0.717, 1.165) is 38.2 Å². The van der Waals surface area contributed by atoms with E-state index in [1.165, 1.54) is 19.3 Å². The summed E-state index contributed by atoms with van der Waals surface area (Å²) in [5, 5.41) is 7.19. The molecule has 21 heavy (non-hydrogen) atoms. The molecule has 1 aromatic heterocycles. The van der Waals surface area contributed by atoms with Crippen molar-refractivity contribution < 1.29 is 9.53 Å². The molecule has 2 heterocycles. The van der Waals surface area contributed by atoms with Gasteiger partial charge in [0, 0.05) is 26.4 Å². The molecule has 3 rings (SSSR count). The molecule has 1 aliphatic carbocycles. The Labute approximate surface area is 125 Å². The van der Waals surface area contributed by atoms with Gasteiger partial charge in [-0.2, -0.15) is 5.10 Å². The summed E-state index contributed by atoms with van der Waals surface area (Å²) in [6.07, 6.45) is 9.84. The van der Waals surface area contributed by atoms with Gasteiger partial charge in [-0.25, -0.2) is 4.79 Å². The van der Waals surface area contributed by atoms with E-state index in [-0.39, 0.29) is 12.1 Å². The fraction of sp³-hybridized carbons (Fsp3) is 0.733. The Morgan fingerprint density at radius 1 is 1.48 bits per heavy atom. The van der Waals surface area contributed by atoms with Gasteiger partial charge in [0.25, 0.3) is 0 Å². The predicted octanol–water partition coefficient (Wildman–Crippen LogP) is 2.33. The maximum absolute atomic E-state index is 12.1. The summed E-state index contributed by atoms with van der Waals surface area (Å²) in [6.45, 7) is 2.45. The van der Waals surface area contributed by atoms with E-state index in [1.807, 2.05) is 17.9 Å². The lowest BCUT2D eigenvalue weighted by atomic mass is 9.85. The van der Waals surface area contributed by atoms with Crippen LogP contribution in [0.25, 0.3) is 0 Å². The molecule has 0 spiro atoms. The zero-order valence-corrected chi connectivity index (χ0v) is 12.6. The van der Waals surface area contributed by atoms with Crippen molar-refractivity contribution in [3.05, 3.63) is 12.4 Å². The number of aromatic nitrogens is 2. The fourth-order valence-corrected chi connectivity index (χ4v) is 2.89. The number of ether oxygens (including phenoxy) is 1. The maximum Gasteiger partial charge on any atom is 0.321 e. The summed E-state index contributed by atoms with van der Waals surface area (Å²) in [6, 6.07) is -0.0569. The molecular formula is C15H24N4O2. The third-order valence-corrected chi connectivity index (χ3v) is 4.40. The first-order valence-corrected chi connectivity index (χ1v) is 7.87. The van der Waals surface area contributed by atoms with Crippen LogP contribution in [0, 0.1) is 5.92 Å². The van der Waals surface area contributed by atoms with Crippen LogP contribution in [-0.2, 0) is 11.3 Å². The Morgan fingerprint density at radius 3 is 3.00 bits per heavy atom. The van der Waals surface area contributed by atoms with E-state index >= 15 is 0 Å². The van der Waals surface area contributed by atoms with E-state index in [2.05, 4.69) is 10.4 Å². The summed E-state index contributed by atoms with van der Waals surface area (Å²) in [7, 11) is 1.85. The van der Waals surface area contributed by atoms with Crippen LogP contribution >= 0.6 is 0 Å². The third kappa shape index (κ3) is 3.75. The maximum atomic E-state index is 12.1. The van der Waals surface area contributed by atoms with Gasteiger partial charge in [0.2, 0.25) is 0 Å². The number of nitrogens with one attached hydrogen (secondary N) is 1. The van der Waals surface area contributed by atoms with Crippen molar-refractivity contribution in [3.63, 3.8) is 0 Å². The molecule has 1 atom stereocenters. The van der Waals surface area contributed by atoms with Crippen molar-refractivity contribution in [3.8, 4) is 0 Å². The highest BCUT2D eigenvalue weighted by Gasteiger charge is 2.21. The van der Waals surface area contributed by atoms with E-state index < -0.39 is 0 Å². The number of urea groups is 1. The van der Waals surface area contributed by atoms with Crippen molar-refractivity contribution in [1.82, 2.24) is 14.7 Å². The van der Waals surface area contributed by atoms with Crippen LogP contribution in [0.3, 0.4) is 0 Å². The first-order valence-electron chi connectivity index (χ1n) is 7.87. The lowest BCUT2D eigenvalue weighted by molar-refractivity contribution is 0.0940. The molecule has 1 N–H and O–H groups in total. The number of hydrogen-bond donors (Lipinski definition) is 1. The molecule has 2 aliphatic rings. The van der Waals surface area contributed by atoms with Crippen molar-refractivity contribution in [2.75, 3.05) is 25.5 Å². The monoisotopic (exact) mass is 292 g/mol. The van der Waals surface area contributed by atoms with Gasteiger partial charge in [-0.1, -0.05) is 6.42 Å². The van der Waals surface area contributed by atoms with Gasteiger partial charge in [-0.3, -0.25) is 4.68 Å². The molecule has 6 nitrogen and oxygen atoms in total. The first kappa shape index (κ1) is 14.4. The molecule has 2 fully saturated rings. The Kier molecular flexibility index (Phi) is 4.43. The van der Waals surface area contributed by atoms with Gasteiger partial charge in [0.05, 0.1) is 24.5 Å². The van der Waals surface area contributed by atoms with Crippen LogP contribution in [0.15, 0.2) is 12.4 Å². The number of carbonyl (C=O) groups excluding carboxylic acids is 1. The van der Waals surface area contributed by atoms with Gasteiger partial charge in [-0.05, 0) is 31.6 Å². The van der Waals surface area contributed by atoms with Gasteiger partial charge < -0.3 is 15.0 Å². The van der Waals surface area contributed by atoms with E-state index in [0.29, 0.717) is 5.92 Å². The Balaban J connectivity index is 1.47. The van der Waals surface area contributed by atoms with E-state index in [1.54, 1.807) is 11.1 Å². The molecule has 1 saturated heterocycles. The highest BCUT2D eigenvalue weighted by atomic mass is 16.5. The minimum atomic E-state index is -0.0569. The molecule has 0 bridgehead atoms. The molecule has 1 saturated carbocycles. The molecule has 0 radical (unpaired) electrons. The normalized spacial score (nSPS) is 22.0. The van der Waals surface area contributed by atoms with Crippen molar-refractivity contribution in [2.24, 2.45) is 5.92 Å². The molecule has 1 aliphatic heterocycles. The largest absolute Gasteiger partial charge is 0.376 e. The average molecular weight is 292 g/mol. The van der Waals surface area contributed by atoms with Gasteiger partial charge in [-0.15, -0.1) is 0 Å². The lowest BCUT2D eigenvalue weighted by Gasteiger charge is -2.30. The fourth-order valence-electron chi connectivity index (χ4n) is 2.89. The number of hydrogen-bond acceptors (Lipinski definition) is 3. The van der Waals surface area contributed by atoms with Gasteiger partial charge >= 0.3 is 6.03 Å². The number of anilines is 1. The van der Waals surface area contributed by atoms with Crippen LogP contribution in [-0.4, -0.2) is 47.0 Å². The van der Waals surface area contributed by atoms with Crippen LogP contribution < -0.4 is 5.32 Å². The van der Waals surface area contributed by atoms with E-state index in [9.17, 15) is 4.79 Å². The minimum absolute atomic E-state index is 0.0569. The molecular weight excluding hydrogens is 268 g/mol. The Hall–Kier alpha value is -1.56. The molecule has 6 heteroatoms. The topological polar surface area (TPSA) is 59.4 Å². The van der Waals surface area contributed by atoms with Crippen molar-refractivity contribution in [1.29, 1.82) is 0 Å². The second-order valence-electron chi connectivity index (χ2n) is 6.19. The Bertz CT molecular complexity index is 478. The highest BCUT2D eigenvalue weighted by molar-refractivity contribution is 5.88. The SMILES string of the molecule is CN(CC1CCC1)C(=O)Nc1cnn(C[C@H]2CCCO2)c1. The lowest BCUT2D eigenvalue weighted by Crippen LogP contribution is -2.37. The quantitative estimate of drug-likeness (QED) is 0.906. The van der Waals surface area contributed by atoms with Crippen molar-refractivity contribution >= 4 is 11.7 Å². The first-order chi connectivity index (χ1) is 10.2. The Morgan fingerprint density at radius 2 is 2.33 bits per heavy atom. The second kappa shape index (κ2) is 6.47. The number of carbonyl (C=O) groups is 1. The highest BCUT2D eigenvalue weighted by Crippen LogP contribution is 2.26. The predicted molar refractivity (Wildman–Crippen MR) is 80.2 cm³/mol. The molecule has 0 aromatic carbocycles. The van der Waals surface area contributed by atoms with Crippen LogP contribution in [0.5, 0.6) is 0 Å². The second-order valence-corrected chi connectivity index (χ2v) is 6.19. The minimum Gasteiger partial charge on any atom is -0.376 e. The van der Waals surface area contributed by atoms with Crippen LogP contribution in [0.4, 0.5) is 10.5 Å². The zero-order chi connectivity index (χ0) is 14.7. The zero-order valence-electron chi connectivity index (χ0n) is 12.6. The smallest absolute Gasteiger partial charge is 0.321 e. The summed E-state index contributed by atoms with van der Waals surface area (Å²) in [4.78, 5) is 13.9. The standard InChI is InChI=1S/C15H24N4O2/c1-18(9-12-4-2-5-12)15(20)17-13-8-16-19(10-13)11-14-6-3-7-21-14/h8,10,12,14H,2-7,9,11H2,1H3,(H,17,20)/t14-/m1/s1.